The molecule has 0 amide bonds. The molecular weight excluding hydrogens is 324 g/mol. The summed E-state index contributed by atoms with van der Waals surface area (Å²) in [6.45, 7) is 7.92. The van der Waals surface area contributed by atoms with Crippen molar-refractivity contribution in [2.24, 2.45) is 0 Å². The van der Waals surface area contributed by atoms with Crippen LogP contribution in [0.5, 0.6) is 0 Å². The smallest absolute Gasteiger partial charge is 0.230 e. The summed E-state index contributed by atoms with van der Waals surface area (Å²) < 4.78 is 27.2. The molecular formula is C17H20N4O2S. The fourth-order valence-corrected chi connectivity index (χ4v) is 3.40. The largest absolute Gasteiger partial charge is 0.267 e. The van der Waals surface area contributed by atoms with E-state index in [9.17, 15) is 8.42 Å². The maximum atomic E-state index is 11.6. The molecule has 0 saturated heterocycles. The van der Waals surface area contributed by atoms with Crippen LogP contribution in [0.25, 0.3) is 16.7 Å². The number of aromatic nitrogens is 3. The van der Waals surface area contributed by atoms with Gasteiger partial charge in [-0.2, -0.15) is 9.78 Å². The molecule has 0 radical (unpaired) electrons. The third-order valence-electron chi connectivity index (χ3n) is 3.78. The summed E-state index contributed by atoms with van der Waals surface area (Å²) in [5, 5.41) is 5.48. The molecule has 2 heterocycles. The summed E-state index contributed by atoms with van der Waals surface area (Å²) in [5.74, 6) is 0.970. The maximum absolute atomic E-state index is 11.6. The van der Waals surface area contributed by atoms with Gasteiger partial charge in [0.05, 0.1) is 17.5 Å². The number of sulfonamides is 1. The summed E-state index contributed by atoms with van der Waals surface area (Å²) in [5.41, 5.74) is 4.94. The molecule has 0 saturated carbocycles. The number of aryl methyl sites for hydroxylation is 4. The molecule has 6 nitrogen and oxygen atoms in total. The highest BCUT2D eigenvalue weighted by Gasteiger charge is 2.14. The second kappa shape index (κ2) is 5.59. The summed E-state index contributed by atoms with van der Waals surface area (Å²) >= 11 is 0. The van der Waals surface area contributed by atoms with E-state index >= 15 is 0 Å². The molecule has 0 aliphatic rings. The zero-order valence-electron chi connectivity index (χ0n) is 14.4. The highest BCUT2D eigenvalue weighted by molar-refractivity contribution is 7.92. The average Bonchev–Trinajstić information content (AvgIpc) is 2.78. The first-order chi connectivity index (χ1) is 11.1. The summed E-state index contributed by atoms with van der Waals surface area (Å²) in [6.07, 6.45) is 1.12. The van der Waals surface area contributed by atoms with Gasteiger partial charge in [-0.15, -0.1) is 0 Å². The minimum Gasteiger partial charge on any atom is -0.267 e. The van der Waals surface area contributed by atoms with Gasteiger partial charge in [0, 0.05) is 11.5 Å². The highest BCUT2D eigenvalue weighted by atomic mass is 32.2. The van der Waals surface area contributed by atoms with Crippen molar-refractivity contribution in [2.45, 2.75) is 27.7 Å². The van der Waals surface area contributed by atoms with Crippen LogP contribution in [-0.2, 0) is 10.0 Å². The zero-order chi connectivity index (χ0) is 17.6. The number of benzene rings is 1. The lowest BCUT2D eigenvalue weighted by atomic mass is 10.0. The fraction of sp³-hybridized carbons (Fsp3) is 0.294. The maximum Gasteiger partial charge on any atom is 0.230 e. The lowest BCUT2D eigenvalue weighted by molar-refractivity contribution is 0.606. The van der Waals surface area contributed by atoms with Crippen LogP contribution in [0, 0.1) is 27.7 Å². The van der Waals surface area contributed by atoms with Crippen LogP contribution in [0.2, 0.25) is 0 Å². The van der Waals surface area contributed by atoms with E-state index in [0.717, 1.165) is 28.3 Å². The molecule has 7 heteroatoms. The van der Waals surface area contributed by atoms with Crippen molar-refractivity contribution < 1.29 is 8.42 Å². The molecule has 0 aliphatic carbocycles. The van der Waals surface area contributed by atoms with E-state index < -0.39 is 10.0 Å². The topological polar surface area (TPSA) is 76.9 Å². The minimum absolute atomic E-state index is 0.381. The summed E-state index contributed by atoms with van der Waals surface area (Å²) in [6, 6.07) is 7.80. The molecule has 0 fully saturated rings. The molecule has 0 aliphatic heterocycles. The van der Waals surface area contributed by atoms with Crippen LogP contribution in [0.1, 0.15) is 22.4 Å². The van der Waals surface area contributed by atoms with Crippen molar-refractivity contribution in [3.8, 4) is 5.82 Å². The lowest BCUT2D eigenvalue weighted by Gasteiger charge is -2.12. The van der Waals surface area contributed by atoms with Crippen LogP contribution in [0.15, 0.2) is 24.3 Å². The Morgan fingerprint density at radius 3 is 2.38 bits per heavy atom. The zero-order valence-corrected chi connectivity index (χ0v) is 15.2. The van der Waals surface area contributed by atoms with Crippen molar-refractivity contribution in [1.82, 2.24) is 14.8 Å². The number of nitrogens with zero attached hydrogens (tertiary/aromatic N) is 3. The molecule has 2 aromatic heterocycles. The fourth-order valence-electron chi connectivity index (χ4n) is 2.87. The molecule has 0 atom stereocenters. The van der Waals surface area contributed by atoms with E-state index in [1.54, 1.807) is 6.07 Å². The first-order valence-electron chi connectivity index (χ1n) is 7.57. The number of hydrogen-bond donors (Lipinski definition) is 1. The molecule has 0 bridgehead atoms. The van der Waals surface area contributed by atoms with Crippen molar-refractivity contribution >= 4 is 26.7 Å². The molecule has 0 unspecified atom stereocenters. The molecule has 1 aromatic carbocycles. The van der Waals surface area contributed by atoms with E-state index in [2.05, 4.69) is 28.9 Å². The third kappa shape index (κ3) is 3.12. The Kier molecular flexibility index (Phi) is 3.83. The number of anilines is 1. The lowest BCUT2D eigenvalue weighted by Crippen LogP contribution is -2.14. The van der Waals surface area contributed by atoms with E-state index in [4.69, 9.17) is 4.98 Å². The summed E-state index contributed by atoms with van der Waals surface area (Å²) in [7, 11) is -3.40. The van der Waals surface area contributed by atoms with Gasteiger partial charge in [-0.1, -0.05) is 11.6 Å². The van der Waals surface area contributed by atoms with Gasteiger partial charge >= 0.3 is 0 Å². The van der Waals surface area contributed by atoms with Gasteiger partial charge in [0.2, 0.25) is 10.0 Å². The van der Waals surface area contributed by atoms with E-state index in [-0.39, 0.29) is 0 Å². The number of fused-ring (bicyclic) bond motifs is 1. The van der Waals surface area contributed by atoms with Crippen LogP contribution in [0.4, 0.5) is 5.82 Å². The van der Waals surface area contributed by atoms with Crippen LogP contribution in [-0.4, -0.2) is 29.4 Å². The van der Waals surface area contributed by atoms with Gasteiger partial charge in [-0.05, 0) is 51.0 Å². The normalized spacial score (nSPS) is 11.9. The van der Waals surface area contributed by atoms with Crippen molar-refractivity contribution in [1.29, 1.82) is 0 Å². The first kappa shape index (κ1) is 16.4. The van der Waals surface area contributed by atoms with Crippen LogP contribution in [0.3, 0.4) is 0 Å². The van der Waals surface area contributed by atoms with E-state index in [1.807, 2.05) is 26.8 Å². The van der Waals surface area contributed by atoms with E-state index in [0.29, 0.717) is 17.3 Å². The average molecular weight is 344 g/mol. The monoisotopic (exact) mass is 344 g/mol. The van der Waals surface area contributed by atoms with Crippen molar-refractivity contribution in [3.05, 3.63) is 46.6 Å². The third-order valence-corrected chi connectivity index (χ3v) is 4.36. The Labute approximate surface area is 141 Å². The molecule has 1 N–H and O–H groups in total. The number of pyridine rings is 1. The Morgan fingerprint density at radius 2 is 1.71 bits per heavy atom. The van der Waals surface area contributed by atoms with Crippen molar-refractivity contribution in [2.75, 3.05) is 11.0 Å². The molecule has 0 spiro atoms. The van der Waals surface area contributed by atoms with Crippen LogP contribution >= 0.6 is 0 Å². The number of rotatable bonds is 3. The van der Waals surface area contributed by atoms with E-state index in [1.165, 1.54) is 10.2 Å². The van der Waals surface area contributed by atoms with Crippen molar-refractivity contribution in [3.63, 3.8) is 0 Å². The molecule has 3 rings (SSSR count). The Bertz CT molecular complexity index is 1050. The van der Waals surface area contributed by atoms with Gasteiger partial charge in [-0.3, -0.25) is 4.72 Å². The Morgan fingerprint density at radius 1 is 1.00 bits per heavy atom. The standard InChI is InChI=1S/C17H20N4O2S/c1-10-6-12(3)17-14(7-10)11(2)8-15(18-17)21-16(9-13(4)19-21)20-24(5,22)23/h6-9,20H,1-5H3. The van der Waals surface area contributed by atoms with Gasteiger partial charge < -0.3 is 0 Å². The van der Waals surface area contributed by atoms with Gasteiger partial charge in [0.15, 0.2) is 5.82 Å². The SMILES string of the molecule is Cc1cc(C)c2nc(-n3nc(C)cc3NS(C)(=O)=O)cc(C)c2c1. The first-order valence-corrected chi connectivity index (χ1v) is 9.46. The quantitative estimate of drug-likeness (QED) is 0.792. The molecule has 3 aromatic rings. The Hall–Kier alpha value is -2.41. The second-order valence-corrected chi connectivity index (χ2v) is 7.98. The second-order valence-electron chi connectivity index (χ2n) is 6.23. The minimum atomic E-state index is -3.40. The number of nitrogens with one attached hydrogen (secondary N) is 1. The molecule has 126 valence electrons. The Balaban J connectivity index is 2.24. The van der Waals surface area contributed by atoms with Gasteiger partial charge in [0.25, 0.3) is 0 Å². The highest BCUT2D eigenvalue weighted by Crippen LogP contribution is 2.26. The predicted molar refractivity (Wildman–Crippen MR) is 96.3 cm³/mol. The van der Waals surface area contributed by atoms with Gasteiger partial charge in [0.1, 0.15) is 5.82 Å². The number of hydrogen-bond acceptors (Lipinski definition) is 4. The van der Waals surface area contributed by atoms with Gasteiger partial charge in [-0.25, -0.2) is 13.4 Å². The predicted octanol–water partition coefficient (Wildman–Crippen LogP) is 3.03. The summed E-state index contributed by atoms with van der Waals surface area (Å²) in [4.78, 5) is 4.72. The van der Waals surface area contributed by atoms with Crippen LogP contribution < -0.4 is 4.72 Å². The molecule has 24 heavy (non-hydrogen) atoms.